The van der Waals surface area contributed by atoms with Gasteiger partial charge in [0.15, 0.2) is 6.04 Å². The smallest absolute Gasteiger partial charge is 0.328 e. The maximum atomic E-state index is 13.0. The number of rotatable bonds is 16. The largest absolute Gasteiger partial charge is 0.480 e. The molecule has 0 fully saturated rings. The Morgan fingerprint density at radius 1 is 0.939 bits per heavy atom. The summed E-state index contributed by atoms with van der Waals surface area (Å²) < 4.78 is 0. The van der Waals surface area contributed by atoms with Gasteiger partial charge in [0, 0.05) is 6.42 Å². The zero-order chi connectivity index (χ0) is 25.7. The van der Waals surface area contributed by atoms with E-state index < -0.39 is 59.9 Å². The Morgan fingerprint density at radius 3 is 1.97 bits per heavy atom. The highest BCUT2D eigenvalue weighted by Crippen LogP contribution is 2.11. The zero-order valence-corrected chi connectivity index (χ0v) is 20.3. The third-order valence-electron chi connectivity index (χ3n) is 5.12. The number of aliphatic hydroxyl groups is 1. The van der Waals surface area contributed by atoms with Crippen LogP contribution in [0, 0.1) is 5.92 Å². The van der Waals surface area contributed by atoms with Crippen molar-refractivity contribution in [2.45, 2.75) is 76.7 Å². The highest BCUT2D eigenvalue weighted by Gasteiger charge is 2.33. The molecule has 6 atom stereocenters. The summed E-state index contributed by atoms with van der Waals surface area (Å²) >= 11 is 1.45. The van der Waals surface area contributed by atoms with Gasteiger partial charge in [0.2, 0.25) is 23.6 Å². The molecule has 0 radical (unpaired) electrons. The van der Waals surface area contributed by atoms with E-state index in [1.807, 2.05) is 6.26 Å². The average molecular weight is 492 g/mol. The summed E-state index contributed by atoms with van der Waals surface area (Å²) in [5, 5.41) is 26.2. The lowest BCUT2D eigenvalue weighted by Crippen LogP contribution is -2.59. The number of primary amides is 1. The van der Waals surface area contributed by atoms with E-state index in [0.29, 0.717) is 12.2 Å². The van der Waals surface area contributed by atoms with Crippen LogP contribution >= 0.6 is 11.8 Å². The fourth-order valence-electron chi connectivity index (χ4n) is 2.80. The number of hydrogen-bond acceptors (Lipinski definition) is 8. The number of aliphatic hydroxyl groups excluding tert-OH is 1. The molecule has 13 heteroatoms. The standard InChI is InChI=1S/C20H37N5O7S/c1-5-10(2)15(19(30)25-16(11(3)26)20(31)32)24-18(29)13(8-9-33-4)23-17(28)12(21)6-7-14(22)27/h10-13,15-16,26H,5-9,21H2,1-4H3,(H2,22,27)(H,23,28)(H,24,29)(H,25,30)(H,31,32). The normalized spacial score (nSPS) is 16.4. The predicted octanol–water partition coefficient (Wildman–Crippen LogP) is -1.70. The van der Waals surface area contributed by atoms with Gasteiger partial charge in [-0.2, -0.15) is 11.8 Å². The molecular weight excluding hydrogens is 454 g/mol. The lowest BCUT2D eigenvalue weighted by atomic mass is 9.97. The molecular formula is C20H37N5O7S. The predicted molar refractivity (Wildman–Crippen MR) is 124 cm³/mol. The van der Waals surface area contributed by atoms with E-state index >= 15 is 0 Å². The number of carbonyl (C=O) groups is 5. The second-order valence-electron chi connectivity index (χ2n) is 7.89. The van der Waals surface area contributed by atoms with Crippen LogP contribution in [0.1, 0.15) is 46.5 Å². The first-order chi connectivity index (χ1) is 15.3. The molecule has 0 saturated carbocycles. The molecule has 9 N–H and O–H groups in total. The van der Waals surface area contributed by atoms with Gasteiger partial charge in [-0.05, 0) is 37.7 Å². The number of nitrogens with two attached hydrogens (primary N) is 2. The summed E-state index contributed by atoms with van der Waals surface area (Å²) in [6, 6.07) is -4.69. The van der Waals surface area contributed by atoms with Gasteiger partial charge in [-0.25, -0.2) is 4.79 Å². The molecule has 0 heterocycles. The number of hydrogen-bond donors (Lipinski definition) is 7. The summed E-state index contributed by atoms with van der Waals surface area (Å²) in [5.74, 6) is -3.90. The van der Waals surface area contributed by atoms with Crippen molar-refractivity contribution < 1.29 is 34.2 Å². The molecule has 12 nitrogen and oxygen atoms in total. The molecule has 0 aliphatic carbocycles. The Labute approximate surface area is 198 Å². The molecule has 0 aliphatic rings. The number of nitrogens with one attached hydrogen (secondary N) is 3. The Kier molecular flexibility index (Phi) is 14.3. The first kappa shape index (κ1) is 30.6. The Balaban J connectivity index is 5.47. The average Bonchev–Trinajstić information content (AvgIpc) is 2.75. The lowest BCUT2D eigenvalue weighted by Gasteiger charge is -2.28. The van der Waals surface area contributed by atoms with Crippen molar-refractivity contribution >= 4 is 41.4 Å². The second kappa shape index (κ2) is 15.5. The molecule has 0 aliphatic heterocycles. The van der Waals surface area contributed by atoms with Crippen LogP contribution in [-0.2, 0) is 24.0 Å². The molecule has 0 aromatic heterocycles. The van der Waals surface area contributed by atoms with Crippen molar-refractivity contribution in [2.75, 3.05) is 12.0 Å². The van der Waals surface area contributed by atoms with Crippen molar-refractivity contribution in [3.8, 4) is 0 Å². The molecule has 33 heavy (non-hydrogen) atoms. The monoisotopic (exact) mass is 491 g/mol. The van der Waals surface area contributed by atoms with Crippen molar-refractivity contribution in [2.24, 2.45) is 17.4 Å². The van der Waals surface area contributed by atoms with Gasteiger partial charge in [-0.1, -0.05) is 20.3 Å². The van der Waals surface area contributed by atoms with Crippen molar-refractivity contribution in [3.63, 3.8) is 0 Å². The molecule has 0 bridgehead atoms. The number of amides is 4. The minimum atomic E-state index is -1.55. The maximum Gasteiger partial charge on any atom is 0.328 e. The van der Waals surface area contributed by atoms with E-state index in [9.17, 15) is 34.2 Å². The lowest BCUT2D eigenvalue weighted by molar-refractivity contribution is -0.145. The molecule has 0 aromatic carbocycles. The van der Waals surface area contributed by atoms with Crippen molar-refractivity contribution in [1.29, 1.82) is 0 Å². The van der Waals surface area contributed by atoms with Gasteiger partial charge < -0.3 is 37.6 Å². The van der Waals surface area contributed by atoms with Gasteiger partial charge in [-0.15, -0.1) is 0 Å². The quantitative estimate of drug-likeness (QED) is 0.131. The van der Waals surface area contributed by atoms with Gasteiger partial charge >= 0.3 is 5.97 Å². The van der Waals surface area contributed by atoms with Gasteiger partial charge in [0.05, 0.1) is 12.1 Å². The Morgan fingerprint density at radius 2 is 1.52 bits per heavy atom. The molecule has 0 spiro atoms. The highest BCUT2D eigenvalue weighted by molar-refractivity contribution is 7.98. The van der Waals surface area contributed by atoms with Crippen LogP contribution in [0.15, 0.2) is 0 Å². The summed E-state index contributed by atoms with van der Waals surface area (Å²) in [4.78, 5) is 60.3. The number of carbonyl (C=O) groups excluding carboxylic acids is 4. The van der Waals surface area contributed by atoms with E-state index in [4.69, 9.17) is 11.5 Å². The fraction of sp³-hybridized carbons (Fsp3) is 0.750. The summed E-state index contributed by atoms with van der Waals surface area (Å²) in [6.07, 6.45) is 1.15. The van der Waals surface area contributed by atoms with Crippen LogP contribution in [0.3, 0.4) is 0 Å². The maximum absolute atomic E-state index is 13.0. The zero-order valence-electron chi connectivity index (χ0n) is 19.5. The number of carboxylic acid groups (broad SMARTS) is 1. The molecule has 0 saturated heterocycles. The SMILES string of the molecule is CCC(C)C(NC(=O)C(CCSC)NC(=O)C(N)CCC(N)=O)C(=O)NC(C(=O)O)C(C)O. The Bertz CT molecular complexity index is 692. The van der Waals surface area contributed by atoms with Crippen molar-refractivity contribution in [3.05, 3.63) is 0 Å². The van der Waals surface area contributed by atoms with Crippen LogP contribution in [0.2, 0.25) is 0 Å². The van der Waals surface area contributed by atoms with E-state index in [-0.39, 0.29) is 25.2 Å². The summed E-state index contributed by atoms with van der Waals surface area (Å²) in [7, 11) is 0. The van der Waals surface area contributed by atoms with Crippen LogP contribution in [0.5, 0.6) is 0 Å². The van der Waals surface area contributed by atoms with E-state index in [2.05, 4.69) is 16.0 Å². The minimum absolute atomic E-state index is 0.0197. The van der Waals surface area contributed by atoms with Crippen LogP contribution in [-0.4, -0.2) is 82.1 Å². The van der Waals surface area contributed by atoms with Gasteiger partial charge in [-0.3, -0.25) is 19.2 Å². The van der Waals surface area contributed by atoms with Crippen LogP contribution in [0.25, 0.3) is 0 Å². The second-order valence-corrected chi connectivity index (χ2v) is 8.88. The third-order valence-corrected chi connectivity index (χ3v) is 5.77. The highest BCUT2D eigenvalue weighted by atomic mass is 32.2. The number of thioether (sulfide) groups is 1. The van der Waals surface area contributed by atoms with E-state index in [1.54, 1.807) is 13.8 Å². The number of aliphatic carboxylic acids is 1. The topological polar surface area (TPSA) is 214 Å². The molecule has 190 valence electrons. The molecule has 0 rings (SSSR count). The third kappa shape index (κ3) is 11.3. The van der Waals surface area contributed by atoms with Gasteiger partial charge in [0.1, 0.15) is 12.1 Å². The van der Waals surface area contributed by atoms with Crippen LogP contribution in [0.4, 0.5) is 0 Å². The van der Waals surface area contributed by atoms with Crippen LogP contribution < -0.4 is 27.4 Å². The van der Waals surface area contributed by atoms with Gasteiger partial charge in [0.25, 0.3) is 0 Å². The minimum Gasteiger partial charge on any atom is -0.480 e. The first-order valence-corrected chi connectivity index (χ1v) is 12.1. The number of carboxylic acids is 1. The molecule has 4 amide bonds. The summed E-state index contributed by atoms with van der Waals surface area (Å²) in [6.45, 7) is 4.73. The first-order valence-electron chi connectivity index (χ1n) is 10.7. The summed E-state index contributed by atoms with van der Waals surface area (Å²) in [5.41, 5.74) is 10.8. The fourth-order valence-corrected chi connectivity index (χ4v) is 3.27. The van der Waals surface area contributed by atoms with E-state index in [1.165, 1.54) is 18.7 Å². The van der Waals surface area contributed by atoms with Crippen molar-refractivity contribution in [1.82, 2.24) is 16.0 Å². The molecule has 0 aromatic rings. The van der Waals surface area contributed by atoms with E-state index in [0.717, 1.165) is 0 Å². The Hall–Kier alpha value is -2.38. The molecule has 6 unspecified atom stereocenters.